The maximum Gasteiger partial charge on any atom is 0.0701 e. The molecule has 196 valence electrons. The summed E-state index contributed by atoms with van der Waals surface area (Å²) in [4.78, 5) is 4.54. The average molecular weight is 536 g/mol. The van der Waals surface area contributed by atoms with Gasteiger partial charge in [0.05, 0.1) is 27.8 Å². The third-order valence-electron chi connectivity index (χ3n) is 8.52. The van der Waals surface area contributed by atoms with Crippen molar-refractivity contribution < 1.29 is 0 Å². The van der Waals surface area contributed by atoms with E-state index in [9.17, 15) is 0 Å². The number of fused-ring (bicyclic) bond motifs is 7. The monoisotopic (exact) mass is 535 g/mol. The standard InChI is InChI=1S/C39H25N3/c1-2-10-29(11-3-1)41-36-15-6-4-12-31(36)33-22-27-23-34-32-13-5-7-16-37(32)42(39(34)25-28(27)24-38(33)41)30-19-17-26(18-20-30)35-14-8-9-21-40-35/h1-25H. The third kappa shape index (κ3) is 3.37. The molecule has 0 fully saturated rings. The molecule has 0 bridgehead atoms. The highest BCUT2D eigenvalue weighted by Crippen LogP contribution is 2.39. The van der Waals surface area contributed by atoms with Crippen LogP contribution in [0, 0.1) is 0 Å². The minimum Gasteiger partial charge on any atom is -0.309 e. The summed E-state index contributed by atoms with van der Waals surface area (Å²) in [7, 11) is 0. The Kier molecular flexibility index (Phi) is 4.90. The van der Waals surface area contributed by atoms with Crippen molar-refractivity contribution in [1.82, 2.24) is 14.1 Å². The van der Waals surface area contributed by atoms with Crippen LogP contribution in [0.4, 0.5) is 0 Å². The van der Waals surface area contributed by atoms with Crippen LogP contribution in [0.5, 0.6) is 0 Å². The first-order valence-corrected chi connectivity index (χ1v) is 14.3. The van der Waals surface area contributed by atoms with Crippen LogP contribution < -0.4 is 0 Å². The van der Waals surface area contributed by atoms with Crippen molar-refractivity contribution >= 4 is 54.4 Å². The first-order chi connectivity index (χ1) is 20.8. The van der Waals surface area contributed by atoms with E-state index in [1.807, 2.05) is 18.3 Å². The van der Waals surface area contributed by atoms with Crippen LogP contribution >= 0.6 is 0 Å². The van der Waals surface area contributed by atoms with Gasteiger partial charge in [-0.05, 0) is 83.6 Å². The number of hydrogen-bond donors (Lipinski definition) is 0. The van der Waals surface area contributed by atoms with Crippen LogP contribution in [0.1, 0.15) is 0 Å². The van der Waals surface area contributed by atoms with Crippen molar-refractivity contribution in [2.75, 3.05) is 0 Å². The molecule has 3 nitrogen and oxygen atoms in total. The van der Waals surface area contributed by atoms with Crippen molar-refractivity contribution in [2.24, 2.45) is 0 Å². The molecule has 0 unspecified atom stereocenters. The smallest absolute Gasteiger partial charge is 0.0701 e. The maximum absolute atomic E-state index is 4.54. The number of nitrogens with zero attached hydrogens (tertiary/aromatic N) is 3. The van der Waals surface area contributed by atoms with E-state index in [2.05, 4.69) is 148 Å². The summed E-state index contributed by atoms with van der Waals surface area (Å²) in [6.07, 6.45) is 1.84. The number of hydrogen-bond acceptors (Lipinski definition) is 1. The predicted molar refractivity (Wildman–Crippen MR) is 176 cm³/mol. The Morgan fingerprint density at radius 1 is 0.381 bits per heavy atom. The molecule has 0 radical (unpaired) electrons. The molecule has 0 saturated carbocycles. The second-order valence-electron chi connectivity index (χ2n) is 10.9. The van der Waals surface area contributed by atoms with Crippen LogP contribution in [-0.4, -0.2) is 14.1 Å². The van der Waals surface area contributed by atoms with Gasteiger partial charge in [-0.2, -0.15) is 0 Å². The Hall–Kier alpha value is -5.67. The maximum atomic E-state index is 4.54. The van der Waals surface area contributed by atoms with E-state index in [1.54, 1.807) is 0 Å². The van der Waals surface area contributed by atoms with Crippen LogP contribution in [0.25, 0.3) is 77.0 Å². The number of para-hydroxylation sites is 3. The largest absolute Gasteiger partial charge is 0.309 e. The van der Waals surface area contributed by atoms with Crippen molar-refractivity contribution in [3.8, 4) is 22.6 Å². The van der Waals surface area contributed by atoms with Crippen LogP contribution in [-0.2, 0) is 0 Å². The summed E-state index contributed by atoms with van der Waals surface area (Å²) < 4.78 is 4.78. The molecule has 3 heterocycles. The summed E-state index contributed by atoms with van der Waals surface area (Å²) in [5.41, 5.74) is 9.26. The topological polar surface area (TPSA) is 22.8 Å². The summed E-state index contributed by atoms with van der Waals surface area (Å²) >= 11 is 0. The molecular formula is C39H25N3. The molecule has 0 spiro atoms. The second-order valence-corrected chi connectivity index (χ2v) is 10.9. The summed E-state index contributed by atoms with van der Waals surface area (Å²) in [5, 5.41) is 7.54. The normalized spacial score (nSPS) is 11.8. The minimum atomic E-state index is 0.982. The van der Waals surface area contributed by atoms with Gasteiger partial charge in [-0.3, -0.25) is 4.98 Å². The highest BCUT2D eigenvalue weighted by Gasteiger charge is 2.17. The van der Waals surface area contributed by atoms with E-state index in [1.165, 1.54) is 60.1 Å². The van der Waals surface area contributed by atoms with E-state index in [0.29, 0.717) is 0 Å². The van der Waals surface area contributed by atoms with Gasteiger partial charge in [-0.1, -0.05) is 72.8 Å². The molecular weight excluding hydrogens is 510 g/mol. The Labute approximate surface area is 242 Å². The van der Waals surface area contributed by atoms with Crippen LogP contribution in [0.2, 0.25) is 0 Å². The number of pyridine rings is 1. The van der Waals surface area contributed by atoms with Gasteiger partial charge in [0, 0.05) is 44.7 Å². The molecule has 0 amide bonds. The van der Waals surface area contributed by atoms with E-state index < -0.39 is 0 Å². The highest BCUT2D eigenvalue weighted by molar-refractivity contribution is 6.18. The molecule has 0 aliphatic rings. The molecule has 3 heteroatoms. The molecule has 9 aromatic rings. The van der Waals surface area contributed by atoms with Gasteiger partial charge in [0.1, 0.15) is 0 Å². The zero-order chi connectivity index (χ0) is 27.6. The Bertz CT molecular complexity index is 2430. The molecule has 0 aliphatic heterocycles. The first kappa shape index (κ1) is 23.1. The van der Waals surface area contributed by atoms with Crippen molar-refractivity contribution in [3.63, 3.8) is 0 Å². The second kappa shape index (κ2) is 8.92. The Morgan fingerprint density at radius 2 is 0.905 bits per heavy atom. The van der Waals surface area contributed by atoms with E-state index in [4.69, 9.17) is 0 Å². The molecule has 0 N–H and O–H groups in total. The number of benzene rings is 6. The zero-order valence-electron chi connectivity index (χ0n) is 22.8. The van der Waals surface area contributed by atoms with Gasteiger partial charge < -0.3 is 9.13 Å². The SMILES string of the molecule is c1ccc(-n2c3ccccc3c3cc4cc5c6ccccc6n(-c6ccc(-c7ccccn7)cc6)c5cc4cc32)cc1. The van der Waals surface area contributed by atoms with Gasteiger partial charge in [-0.15, -0.1) is 0 Å². The van der Waals surface area contributed by atoms with Crippen LogP contribution in [0.15, 0.2) is 152 Å². The lowest BCUT2D eigenvalue weighted by molar-refractivity contribution is 1.18. The molecule has 42 heavy (non-hydrogen) atoms. The fourth-order valence-electron chi connectivity index (χ4n) is 6.63. The number of rotatable bonds is 3. The van der Waals surface area contributed by atoms with E-state index >= 15 is 0 Å². The summed E-state index contributed by atoms with van der Waals surface area (Å²) in [6.45, 7) is 0. The number of aromatic nitrogens is 3. The van der Waals surface area contributed by atoms with Crippen molar-refractivity contribution in [3.05, 3.63) is 152 Å². The van der Waals surface area contributed by atoms with Crippen molar-refractivity contribution in [1.29, 1.82) is 0 Å². The van der Waals surface area contributed by atoms with Gasteiger partial charge in [0.25, 0.3) is 0 Å². The van der Waals surface area contributed by atoms with Gasteiger partial charge in [0.2, 0.25) is 0 Å². The molecule has 9 rings (SSSR count). The van der Waals surface area contributed by atoms with Gasteiger partial charge in [0.15, 0.2) is 0 Å². The van der Waals surface area contributed by atoms with Crippen LogP contribution in [0.3, 0.4) is 0 Å². The average Bonchev–Trinajstić information content (AvgIpc) is 3.55. The summed E-state index contributed by atoms with van der Waals surface area (Å²) in [5.74, 6) is 0. The predicted octanol–water partition coefficient (Wildman–Crippen LogP) is 10.1. The van der Waals surface area contributed by atoms with Gasteiger partial charge >= 0.3 is 0 Å². The minimum absolute atomic E-state index is 0.982. The molecule has 0 saturated heterocycles. The lowest BCUT2D eigenvalue weighted by Gasteiger charge is -2.10. The molecule has 6 aromatic carbocycles. The van der Waals surface area contributed by atoms with Gasteiger partial charge in [-0.25, -0.2) is 0 Å². The zero-order valence-corrected chi connectivity index (χ0v) is 22.8. The lowest BCUT2D eigenvalue weighted by Crippen LogP contribution is -1.94. The molecule has 0 atom stereocenters. The molecule has 0 aliphatic carbocycles. The first-order valence-electron chi connectivity index (χ1n) is 14.3. The Balaban J connectivity index is 1.33. The highest BCUT2D eigenvalue weighted by atomic mass is 15.0. The van der Waals surface area contributed by atoms with E-state index in [0.717, 1.165) is 16.9 Å². The Morgan fingerprint density at radius 3 is 1.50 bits per heavy atom. The lowest BCUT2D eigenvalue weighted by atomic mass is 10.0. The van der Waals surface area contributed by atoms with Crippen molar-refractivity contribution in [2.45, 2.75) is 0 Å². The summed E-state index contributed by atoms with van der Waals surface area (Å²) in [6, 6.07) is 52.4. The molecule has 3 aromatic heterocycles. The quantitative estimate of drug-likeness (QED) is 0.221. The fourth-order valence-corrected chi connectivity index (χ4v) is 6.63. The fraction of sp³-hybridized carbons (Fsp3) is 0. The van der Waals surface area contributed by atoms with E-state index in [-0.39, 0.29) is 0 Å². The third-order valence-corrected chi connectivity index (χ3v) is 8.52.